The molecule has 4 unspecified atom stereocenters. The second-order valence-corrected chi connectivity index (χ2v) is 7.43. The molecule has 0 heterocycles. The number of hydrogen-bond donors (Lipinski definition) is 0. The van der Waals surface area contributed by atoms with E-state index >= 15 is 0 Å². The summed E-state index contributed by atoms with van der Waals surface area (Å²) in [6, 6.07) is 0. The van der Waals surface area contributed by atoms with Crippen molar-refractivity contribution in [3.05, 3.63) is 0 Å². The Labute approximate surface area is 100 Å². The quantitative estimate of drug-likeness (QED) is 0.541. The molecule has 0 heteroatoms. The highest BCUT2D eigenvalue weighted by atomic mass is 14.7. The summed E-state index contributed by atoms with van der Waals surface area (Å²) >= 11 is 0. The van der Waals surface area contributed by atoms with Gasteiger partial charge in [-0.2, -0.15) is 0 Å². The number of hydrogen-bond acceptors (Lipinski definition) is 0. The predicted octanol–water partition coefficient (Wildman–Crippen LogP) is 4.93. The maximum atomic E-state index is 1.64. The van der Waals surface area contributed by atoms with Crippen LogP contribution in [-0.2, 0) is 0 Å². The SMILES string of the molecule is C1CCC23CCCC24CCCC(CC3C1)C4. The first kappa shape index (κ1) is 9.97. The molecule has 0 aromatic rings. The van der Waals surface area contributed by atoms with Crippen molar-refractivity contribution in [2.45, 2.75) is 77.0 Å². The molecule has 4 rings (SSSR count). The van der Waals surface area contributed by atoms with Crippen LogP contribution in [0.25, 0.3) is 0 Å². The molecule has 0 aromatic carbocycles. The minimum absolute atomic E-state index is 0.860. The third kappa shape index (κ3) is 1.07. The van der Waals surface area contributed by atoms with Gasteiger partial charge < -0.3 is 0 Å². The molecule has 0 radical (unpaired) electrons. The molecule has 0 nitrogen and oxygen atoms in total. The first-order chi connectivity index (χ1) is 7.85. The van der Waals surface area contributed by atoms with E-state index in [2.05, 4.69) is 0 Å². The van der Waals surface area contributed by atoms with Crippen LogP contribution in [0.3, 0.4) is 0 Å². The van der Waals surface area contributed by atoms with Crippen molar-refractivity contribution in [3.8, 4) is 0 Å². The monoisotopic (exact) mass is 218 g/mol. The third-order valence-electron chi connectivity index (χ3n) is 7.11. The van der Waals surface area contributed by atoms with Crippen LogP contribution in [0.1, 0.15) is 77.0 Å². The molecule has 0 aliphatic heterocycles. The van der Waals surface area contributed by atoms with E-state index in [1.54, 1.807) is 77.0 Å². The van der Waals surface area contributed by atoms with Gasteiger partial charge in [0.15, 0.2) is 0 Å². The van der Waals surface area contributed by atoms with Crippen LogP contribution >= 0.6 is 0 Å². The fourth-order valence-electron chi connectivity index (χ4n) is 6.71. The van der Waals surface area contributed by atoms with Gasteiger partial charge in [-0.15, -0.1) is 0 Å². The Hall–Kier alpha value is 0. The molecule has 0 N–H and O–H groups in total. The van der Waals surface area contributed by atoms with Crippen molar-refractivity contribution in [1.29, 1.82) is 0 Å². The third-order valence-corrected chi connectivity index (χ3v) is 7.11. The van der Waals surface area contributed by atoms with Crippen molar-refractivity contribution in [1.82, 2.24) is 0 Å². The van der Waals surface area contributed by atoms with Crippen LogP contribution < -0.4 is 0 Å². The lowest BCUT2D eigenvalue weighted by Crippen LogP contribution is -2.52. The zero-order valence-corrected chi connectivity index (χ0v) is 10.6. The van der Waals surface area contributed by atoms with Gasteiger partial charge in [0, 0.05) is 0 Å². The summed E-state index contributed by atoms with van der Waals surface area (Å²) in [6.07, 6.45) is 19.1. The Morgan fingerprint density at radius 2 is 1.62 bits per heavy atom. The summed E-state index contributed by atoms with van der Waals surface area (Å²) in [6.45, 7) is 0. The van der Waals surface area contributed by atoms with E-state index in [0.717, 1.165) is 22.7 Å². The Bertz CT molecular complexity index is 294. The smallest absolute Gasteiger partial charge is 0.0212 e. The lowest BCUT2D eigenvalue weighted by molar-refractivity contribution is -0.113. The van der Waals surface area contributed by atoms with E-state index in [-0.39, 0.29) is 0 Å². The van der Waals surface area contributed by atoms with E-state index in [1.165, 1.54) is 0 Å². The highest BCUT2D eigenvalue weighted by Gasteiger charge is 2.62. The van der Waals surface area contributed by atoms with Crippen LogP contribution in [0.5, 0.6) is 0 Å². The van der Waals surface area contributed by atoms with Crippen LogP contribution in [-0.4, -0.2) is 0 Å². The van der Waals surface area contributed by atoms with E-state index < -0.39 is 0 Å². The van der Waals surface area contributed by atoms with Gasteiger partial charge in [-0.3, -0.25) is 0 Å². The van der Waals surface area contributed by atoms with E-state index in [1.807, 2.05) is 0 Å². The normalized spacial score (nSPS) is 55.5. The molecule has 4 aliphatic rings. The molecular formula is C16H26. The zero-order valence-electron chi connectivity index (χ0n) is 10.6. The van der Waals surface area contributed by atoms with Gasteiger partial charge in [0.1, 0.15) is 0 Å². The Morgan fingerprint density at radius 3 is 2.62 bits per heavy atom. The second kappa shape index (κ2) is 3.27. The Kier molecular flexibility index (Phi) is 2.04. The average Bonchev–Trinajstić information content (AvgIpc) is 2.63. The molecule has 4 aliphatic carbocycles. The van der Waals surface area contributed by atoms with Gasteiger partial charge in [-0.05, 0) is 67.6 Å². The molecule has 2 spiro atoms. The molecule has 0 amide bonds. The molecule has 0 aromatic heterocycles. The van der Waals surface area contributed by atoms with Gasteiger partial charge in [-0.25, -0.2) is 0 Å². The first-order valence-electron chi connectivity index (χ1n) is 7.85. The topological polar surface area (TPSA) is 0 Å². The van der Waals surface area contributed by atoms with Crippen LogP contribution in [0.2, 0.25) is 0 Å². The van der Waals surface area contributed by atoms with Gasteiger partial charge >= 0.3 is 0 Å². The summed E-state index contributed by atoms with van der Waals surface area (Å²) in [7, 11) is 0. The molecule has 90 valence electrons. The highest BCUT2D eigenvalue weighted by molar-refractivity contribution is 5.12. The molecule has 0 saturated heterocycles. The van der Waals surface area contributed by atoms with Gasteiger partial charge in [0.05, 0.1) is 0 Å². The lowest BCUT2D eigenvalue weighted by Gasteiger charge is -2.61. The van der Waals surface area contributed by atoms with Crippen LogP contribution in [0, 0.1) is 22.7 Å². The number of rotatable bonds is 0. The van der Waals surface area contributed by atoms with E-state index in [0.29, 0.717) is 0 Å². The van der Waals surface area contributed by atoms with E-state index in [9.17, 15) is 0 Å². The maximum absolute atomic E-state index is 1.64. The standard InChI is InChI=1S/C16H26/c1-2-9-16-10-4-8-15(16)7-3-5-13(12-15)11-14(16)6-1/h13-14H,1-12H2. The fraction of sp³-hybridized carbons (Fsp3) is 1.00. The second-order valence-electron chi connectivity index (χ2n) is 7.43. The van der Waals surface area contributed by atoms with Crippen LogP contribution in [0.15, 0.2) is 0 Å². The lowest BCUT2D eigenvalue weighted by atomic mass is 9.44. The van der Waals surface area contributed by atoms with Crippen molar-refractivity contribution in [2.24, 2.45) is 22.7 Å². The molecule has 16 heavy (non-hydrogen) atoms. The van der Waals surface area contributed by atoms with Gasteiger partial charge in [0.2, 0.25) is 0 Å². The summed E-state index contributed by atoms with van der Waals surface area (Å²) < 4.78 is 0. The minimum atomic E-state index is 0.860. The van der Waals surface area contributed by atoms with Crippen molar-refractivity contribution in [2.75, 3.05) is 0 Å². The van der Waals surface area contributed by atoms with Crippen molar-refractivity contribution in [3.63, 3.8) is 0 Å². The average molecular weight is 218 g/mol. The fourth-order valence-corrected chi connectivity index (χ4v) is 6.71. The molecule has 4 fully saturated rings. The Morgan fingerprint density at radius 1 is 0.750 bits per heavy atom. The molecule has 4 atom stereocenters. The minimum Gasteiger partial charge on any atom is -0.0530 e. The Balaban J connectivity index is 1.78. The maximum Gasteiger partial charge on any atom is -0.0212 e. The molecule has 2 bridgehead atoms. The van der Waals surface area contributed by atoms with Gasteiger partial charge in [0.25, 0.3) is 0 Å². The van der Waals surface area contributed by atoms with Crippen molar-refractivity contribution < 1.29 is 0 Å². The highest BCUT2D eigenvalue weighted by Crippen LogP contribution is 2.72. The number of fused-ring (bicyclic) bond motifs is 1. The molecular weight excluding hydrogens is 192 g/mol. The largest absolute Gasteiger partial charge is 0.0530 e. The molecule has 4 saturated carbocycles. The van der Waals surface area contributed by atoms with E-state index in [4.69, 9.17) is 0 Å². The predicted molar refractivity (Wildman–Crippen MR) is 67.3 cm³/mol. The summed E-state index contributed by atoms with van der Waals surface area (Å²) in [5, 5.41) is 0. The van der Waals surface area contributed by atoms with Crippen molar-refractivity contribution >= 4 is 0 Å². The summed E-state index contributed by atoms with van der Waals surface area (Å²) in [5.41, 5.74) is 1.72. The zero-order chi connectivity index (χ0) is 10.6. The van der Waals surface area contributed by atoms with Gasteiger partial charge in [-0.1, -0.05) is 32.1 Å². The first-order valence-corrected chi connectivity index (χ1v) is 7.85. The van der Waals surface area contributed by atoms with Crippen LogP contribution in [0.4, 0.5) is 0 Å². The summed E-state index contributed by atoms with van der Waals surface area (Å²) in [4.78, 5) is 0. The summed E-state index contributed by atoms with van der Waals surface area (Å²) in [5.74, 6) is 2.30.